The first-order valence-corrected chi connectivity index (χ1v) is 3.59. The van der Waals surface area contributed by atoms with Crippen LogP contribution in [0.2, 0.25) is 0 Å². The molecule has 1 rings (SSSR count). The van der Waals surface area contributed by atoms with Crippen LogP contribution in [0.5, 0.6) is 0 Å². The van der Waals surface area contributed by atoms with Gasteiger partial charge in [0.25, 0.3) is 0 Å². The molecule has 1 aliphatic heterocycles. The maximum Gasteiger partial charge on any atom is 0.116 e. The van der Waals surface area contributed by atoms with Gasteiger partial charge in [-0.3, -0.25) is 5.32 Å². The predicted molar refractivity (Wildman–Crippen MR) is 37.2 cm³/mol. The molecular weight excluding hydrogens is 114 g/mol. The molecule has 2 heteroatoms. The molecule has 1 fully saturated rings. The van der Waals surface area contributed by atoms with Crippen molar-refractivity contribution >= 4 is 0 Å². The normalized spacial score (nSPS) is 43.7. The number of hydrogen-bond donors (Lipinski definition) is 1. The zero-order valence-electron chi connectivity index (χ0n) is 6.40. The lowest BCUT2D eigenvalue weighted by atomic mass is 10.2. The van der Waals surface area contributed by atoms with Crippen molar-refractivity contribution in [3.8, 4) is 0 Å². The van der Waals surface area contributed by atoms with Gasteiger partial charge in [-0.05, 0) is 20.3 Å². The number of ether oxygens (including phenoxy) is 1. The van der Waals surface area contributed by atoms with E-state index in [0.29, 0.717) is 6.10 Å². The summed E-state index contributed by atoms with van der Waals surface area (Å²) in [6, 6.07) is 0. The smallest absolute Gasteiger partial charge is 0.116 e. The van der Waals surface area contributed by atoms with Crippen LogP contribution in [-0.2, 0) is 4.74 Å². The summed E-state index contributed by atoms with van der Waals surface area (Å²) < 4.78 is 5.59. The van der Waals surface area contributed by atoms with E-state index in [4.69, 9.17) is 4.74 Å². The fraction of sp³-hybridized carbons (Fsp3) is 1.00. The second-order valence-electron chi connectivity index (χ2n) is 2.89. The molecule has 0 aromatic heterocycles. The summed E-state index contributed by atoms with van der Waals surface area (Å²) in [5, 5.41) is 3.31. The second-order valence-corrected chi connectivity index (χ2v) is 2.89. The van der Waals surface area contributed by atoms with Crippen molar-refractivity contribution in [2.24, 2.45) is 0 Å². The van der Waals surface area contributed by atoms with E-state index < -0.39 is 0 Å². The quantitative estimate of drug-likeness (QED) is 0.573. The Morgan fingerprint density at radius 2 is 2.44 bits per heavy atom. The molecule has 2 unspecified atom stereocenters. The lowest BCUT2D eigenvalue weighted by Crippen LogP contribution is -2.36. The van der Waals surface area contributed by atoms with Crippen molar-refractivity contribution in [2.75, 3.05) is 6.54 Å². The van der Waals surface area contributed by atoms with Gasteiger partial charge >= 0.3 is 0 Å². The first-order chi connectivity index (χ1) is 4.16. The third kappa shape index (κ3) is 1.43. The van der Waals surface area contributed by atoms with Crippen LogP contribution in [-0.4, -0.2) is 18.4 Å². The molecular formula is C7H15NO. The van der Waals surface area contributed by atoms with Crippen molar-refractivity contribution in [1.29, 1.82) is 0 Å². The van der Waals surface area contributed by atoms with Gasteiger partial charge < -0.3 is 4.74 Å². The van der Waals surface area contributed by atoms with Gasteiger partial charge in [0.2, 0.25) is 0 Å². The van der Waals surface area contributed by atoms with Gasteiger partial charge in [0.05, 0.1) is 6.10 Å². The first kappa shape index (κ1) is 7.03. The SMILES string of the molecule is CCC1(C)NCC(C)O1. The minimum absolute atomic E-state index is 0.0422. The molecule has 0 aliphatic carbocycles. The van der Waals surface area contributed by atoms with E-state index in [2.05, 4.69) is 26.1 Å². The highest BCUT2D eigenvalue weighted by atomic mass is 16.5. The third-order valence-electron chi connectivity index (χ3n) is 1.90. The zero-order valence-corrected chi connectivity index (χ0v) is 6.40. The van der Waals surface area contributed by atoms with Crippen molar-refractivity contribution in [2.45, 2.75) is 39.0 Å². The summed E-state index contributed by atoms with van der Waals surface area (Å²) in [6.07, 6.45) is 1.42. The lowest BCUT2D eigenvalue weighted by Gasteiger charge is -2.21. The molecule has 0 bridgehead atoms. The Balaban J connectivity index is 2.45. The van der Waals surface area contributed by atoms with Gasteiger partial charge in [-0.25, -0.2) is 0 Å². The van der Waals surface area contributed by atoms with Crippen LogP contribution < -0.4 is 5.32 Å². The summed E-state index contributed by atoms with van der Waals surface area (Å²) in [6.45, 7) is 7.31. The van der Waals surface area contributed by atoms with Crippen LogP contribution in [0.15, 0.2) is 0 Å². The second kappa shape index (κ2) is 2.27. The van der Waals surface area contributed by atoms with Crippen molar-refractivity contribution in [3.63, 3.8) is 0 Å². The van der Waals surface area contributed by atoms with Gasteiger partial charge in [-0.15, -0.1) is 0 Å². The molecule has 54 valence electrons. The Morgan fingerprint density at radius 3 is 2.67 bits per heavy atom. The molecule has 0 saturated carbocycles. The van der Waals surface area contributed by atoms with Gasteiger partial charge in [0, 0.05) is 6.54 Å². The van der Waals surface area contributed by atoms with Gasteiger partial charge in [0.15, 0.2) is 0 Å². The van der Waals surface area contributed by atoms with Crippen LogP contribution in [0.25, 0.3) is 0 Å². The first-order valence-electron chi connectivity index (χ1n) is 3.59. The van der Waals surface area contributed by atoms with E-state index in [1.807, 2.05) is 0 Å². The standard InChI is InChI=1S/C7H15NO/c1-4-7(3)8-5-6(2)9-7/h6,8H,4-5H2,1-3H3. The van der Waals surface area contributed by atoms with E-state index in [0.717, 1.165) is 13.0 Å². The van der Waals surface area contributed by atoms with E-state index in [9.17, 15) is 0 Å². The van der Waals surface area contributed by atoms with Crippen molar-refractivity contribution < 1.29 is 4.74 Å². The lowest BCUT2D eigenvalue weighted by molar-refractivity contribution is -0.0321. The number of hydrogen-bond acceptors (Lipinski definition) is 2. The monoisotopic (exact) mass is 129 g/mol. The Hall–Kier alpha value is -0.0800. The highest BCUT2D eigenvalue weighted by Gasteiger charge is 2.30. The zero-order chi connectivity index (χ0) is 6.91. The average molecular weight is 129 g/mol. The van der Waals surface area contributed by atoms with Crippen LogP contribution in [0, 0.1) is 0 Å². The average Bonchev–Trinajstić information content (AvgIpc) is 2.13. The van der Waals surface area contributed by atoms with Crippen molar-refractivity contribution in [1.82, 2.24) is 5.32 Å². The molecule has 0 radical (unpaired) electrons. The summed E-state index contributed by atoms with van der Waals surface area (Å²) in [5.74, 6) is 0. The van der Waals surface area contributed by atoms with Crippen LogP contribution >= 0.6 is 0 Å². The molecule has 2 atom stereocenters. The fourth-order valence-electron chi connectivity index (χ4n) is 1.10. The summed E-state index contributed by atoms with van der Waals surface area (Å²) in [7, 11) is 0. The van der Waals surface area contributed by atoms with E-state index in [1.54, 1.807) is 0 Å². The maximum atomic E-state index is 5.59. The Labute approximate surface area is 56.6 Å². The summed E-state index contributed by atoms with van der Waals surface area (Å²) in [4.78, 5) is 0. The van der Waals surface area contributed by atoms with E-state index >= 15 is 0 Å². The minimum atomic E-state index is -0.0422. The minimum Gasteiger partial charge on any atom is -0.357 e. The maximum absolute atomic E-state index is 5.59. The van der Waals surface area contributed by atoms with Crippen molar-refractivity contribution in [3.05, 3.63) is 0 Å². The molecule has 0 spiro atoms. The fourth-order valence-corrected chi connectivity index (χ4v) is 1.10. The molecule has 1 aliphatic rings. The topological polar surface area (TPSA) is 21.3 Å². The third-order valence-corrected chi connectivity index (χ3v) is 1.90. The summed E-state index contributed by atoms with van der Waals surface area (Å²) >= 11 is 0. The Morgan fingerprint density at radius 1 is 1.78 bits per heavy atom. The molecule has 2 nitrogen and oxygen atoms in total. The highest BCUT2D eigenvalue weighted by molar-refractivity contribution is 4.79. The number of rotatable bonds is 1. The van der Waals surface area contributed by atoms with Gasteiger partial charge in [-0.2, -0.15) is 0 Å². The Bertz CT molecular complexity index is 105. The Kier molecular flexibility index (Phi) is 1.78. The summed E-state index contributed by atoms with van der Waals surface area (Å²) in [5.41, 5.74) is -0.0422. The molecule has 0 aromatic carbocycles. The van der Waals surface area contributed by atoms with Crippen LogP contribution in [0.4, 0.5) is 0 Å². The van der Waals surface area contributed by atoms with E-state index in [-0.39, 0.29) is 5.72 Å². The highest BCUT2D eigenvalue weighted by Crippen LogP contribution is 2.18. The number of nitrogens with one attached hydrogen (secondary N) is 1. The van der Waals surface area contributed by atoms with Crippen LogP contribution in [0.3, 0.4) is 0 Å². The van der Waals surface area contributed by atoms with Gasteiger partial charge in [0.1, 0.15) is 5.72 Å². The van der Waals surface area contributed by atoms with Gasteiger partial charge in [-0.1, -0.05) is 6.92 Å². The molecule has 9 heavy (non-hydrogen) atoms. The molecule has 0 aromatic rings. The largest absolute Gasteiger partial charge is 0.357 e. The molecule has 1 N–H and O–H groups in total. The van der Waals surface area contributed by atoms with E-state index in [1.165, 1.54) is 0 Å². The predicted octanol–water partition coefficient (Wildman–Crippen LogP) is 1.12. The van der Waals surface area contributed by atoms with Crippen LogP contribution in [0.1, 0.15) is 27.2 Å². The molecule has 1 heterocycles. The molecule has 0 amide bonds. The molecule has 1 saturated heterocycles.